The van der Waals surface area contributed by atoms with Crippen LogP contribution in [0.1, 0.15) is 28.8 Å². The third-order valence-corrected chi connectivity index (χ3v) is 5.89. The molecule has 0 bridgehead atoms. The first kappa shape index (κ1) is 20.0. The highest BCUT2D eigenvalue weighted by Gasteiger charge is 2.20. The van der Waals surface area contributed by atoms with Crippen LogP contribution in [0.15, 0.2) is 53.4 Å². The van der Waals surface area contributed by atoms with Crippen LogP contribution < -0.4 is 10.0 Å². The van der Waals surface area contributed by atoms with Crippen LogP contribution >= 0.6 is 0 Å². The fourth-order valence-electron chi connectivity index (χ4n) is 2.88. The first-order chi connectivity index (χ1) is 13.5. The van der Waals surface area contributed by atoms with Crippen molar-refractivity contribution in [2.75, 3.05) is 18.5 Å². The molecule has 0 saturated carbocycles. The van der Waals surface area contributed by atoms with Gasteiger partial charge in [0.25, 0.3) is 5.91 Å². The Hall–Kier alpha value is -2.73. The molecule has 1 saturated heterocycles. The van der Waals surface area contributed by atoms with Crippen LogP contribution in [0.4, 0.5) is 5.69 Å². The fraction of sp³-hybridized carbons (Fsp3) is 0.300. The molecule has 0 unspecified atom stereocenters. The summed E-state index contributed by atoms with van der Waals surface area (Å²) in [7, 11) is -3.65. The minimum atomic E-state index is -3.65. The molecule has 0 aliphatic carbocycles. The Kier molecular flexibility index (Phi) is 6.41. The average Bonchev–Trinajstić information content (AvgIpc) is 3.22. The molecule has 1 aliphatic heterocycles. The van der Waals surface area contributed by atoms with Crippen molar-refractivity contribution in [2.24, 2.45) is 0 Å². The number of nitrogens with zero attached hydrogens (tertiary/aromatic N) is 1. The van der Waals surface area contributed by atoms with Gasteiger partial charge in [0.05, 0.1) is 23.5 Å². The van der Waals surface area contributed by atoms with Crippen molar-refractivity contribution in [1.29, 1.82) is 5.26 Å². The van der Waals surface area contributed by atoms with Crippen LogP contribution in [0.25, 0.3) is 0 Å². The van der Waals surface area contributed by atoms with Crippen molar-refractivity contribution in [1.82, 2.24) is 4.72 Å². The van der Waals surface area contributed by atoms with Gasteiger partial charge in [-0.15, -0.1) is 0 Å². The summed E-state index contributed by atoms with van der Waals surface area (Å²) in [6, 6.07) is 14.8. The molecule has 2 aromatic carbocycles. The van der Waals surface area contributed by atoms with Gasteiger partial charge in [-0.3, -0.25) is 4.79 Å². The van der Waals surface area contributed by atoms with Crippen molar-refractivity contribution in [3.8, 4) is 6.07 Å². The van der Waals surface area contributed by atoms with Gasteiger partial charge in [0.2, 0.25) is 10.0 Å². The summed E-state index contributed by atoms with van der Waals surface area (Å²) < 4.78 is 32.7. The normalized spacial score (nSPS) is 16.5. The SMILES string of the molecule is N#CCc1ccc(NC(=O)c2ccc(S(=O)(=O)NC[C@H]3CCCO3)cc2)cc1. The lowest BCUT2D eigenvalue weighted by Crippen LogP contribution is -2.31. The number of ether oxygens (including phenoxy) is 1. The monoisotopic (exact) mass is 399 g/mol. The lowest BCUT2D eigenvalue weighted by Gasteiger charge is -2.12. The van der Waals surface area contributed by atoms with Gasteiger partial charge >= 0.3 is 0 Å². The van der Waals surface area contributed by atoms with E-state index in [1.165, 1.54) is 24.3 Å². The van der Waals surface area contributed by atoms with E-state index in [1.807, 2.05) is 0 Å². The summed E-state index contributed by atoms with van der Waals surface area (Å²) >= 11 is 0. The maximum atomic E-state index is 12.4. The molecule has 0 radical (unpaired) electrons. The summed E-state index contributed by atoms with van der Waals surface area (Å²) in [4.78, 5) is 12.4. The van der Waals surface area contributed by atoms with Gasteiger partial charge in [0.1, 0.15) is 0 Å². The molecule has 0 spiro atoms. The number of carbonyl (C=O) groups is 1. The molecule has 0 aromatic heterocycles. The van der Waals surface area contributed by atoms with Gasteiger partial charge in [-0.25, -0.2) is 13.1 Å². The number of sulfonamides is 1. The zero-order valence-electron chi connectivity index (χ0n) is 15.2. The quantitative estimate of drug-likeness (QED) is 0.743. The molecule has 1 aliphatic rings. The Morgan fingerprint density at radius 3 is 2.46 bits per heavy atom. The van der Waals surface area contributed by atoms with Crippen molar-refractivity contribution in [3.05, 3.63) is 59.7 Å². The number of benzene rings is 2. The van der Waals surface area contributed by atoms with E-state index >= 15 is 0 Å². The molecule has 1 fully saturated rings. The van der Waals surface area contributed by atoms with E-state index in [2.05, 4.69) is 16.1 Å². The maximum Gasteiger partial charge on any atom is 0.255 e. The number of anilines is 1. The topological polar surface area (TPSA) is 108 Å². The Morgan fingerprint density at radius 1 is 1.14 bits per heavy atom. The van der Waals surface area contributed by atoms with Crippen LogP contribution in [0.2, 0.25) is 0 Å². The minimum Gasteiger partial charge on any atom is -0.377 e. The molecule has 1 amide bonds. The molecule has 28 heavy (non-hydrogen) atoms. The van der Waals surface area contributed by atoms with Gasteiger partial charge in [-0.2, -0.15) is 5.26 Å². The average molecular weight is 399 g/mol. The van der Waals surface area contributed by atoms with Gasteiger partial charge in [-0.05, 0) is 54.8 Å². The lowest BCUT2D eigenvalue weighted by molar-refractivity contribution is 0.102. The Balaban J connectivity index is 1.61. The molecular weight excluding hydrogens is 378 g/mol. The van der Waals surface area contributed by atoms with E-state index in [-0.39, 0.29) is 23.5 Å². The number of carbonyl (C=O) groups excluding carboxylic acids is 1. The number of amides is 1. The highest BCUT2D eigenvalue weighted by molar-refractivity contribution is 7.89. The number of nitrogens with one attached hydrogen (secondary N) is 2. The molecule has 1 atom stereocenters. The number of nitriles is 1. The first-order valence-electron chi connectivity index (χ1n) is 8.96. The van der Waals surface area contributed by atoms with E-state index < -0.39 is 10.0 Å². The summed E-state index contributed by atoms with van der Waals surface area (Å²) in [6.45, 7) is 0.906. The van der Waals surface area contributed by atoms with Crippen LogP contribution in [0.3, 0.4) is 0 Å². The van der Waals surface area contributed by atoms with Crippen molar-refractivity contribution < 1.29 is 17.9 Å². The molecule has 2 aromatic rings. The smallest absolute Gasteiger partial charge is 0.255 e. The predicted molar refractivity (Wildman–Crippen MR) is 104 cm³/mol. The summed E-state index contributed by atoms with van der Waals surface area (Å²) in [5.41, 5.74) is 1.81. The van der Waals surface area contributed by atoms with Crippen molar-refractivity contribution in [2.45, 2.75) is 30.3 Å². The van der Waals surface area contributed by atoms with Crippen LogP contribution in [0.5, 0.6) is 0 Å². The predicted octanol–water partition coefficient (Wildman–Crippen LogP) is 2.46. The molecule has 3 rings (SSSR count). The second-order valence-electron chi connectivity index (χ2n) is 6.50. The standard InChI is InChI=1S/C20H21N3O4S/c21-12-11-15-3-7-17(8-4-15)23-20(24)16-5-9-19(10-6-16)28(25,26)22-14-18-2-1-13-27-18/h3-10,18,22H,1-2,11,13-14H2,(H,23,24)/t18-/m1/s1. The van der Waals surface area contributed by atoms with Crippen molar-refractivity contribution >= 4 is 21.6 Å². The van der Waals surface area contributed by atoms with Crippen molar-refractivity contribution in [3.63, 3.8) is 0 Å². The number of rotatable bonds is 7. The first-order valence-corrected chi connectivity index (χ1v) is 10.4. The largest absolute Gasteiger partial charge is 0.377 e. The third-order valence-electron chi connectivity index (χ3n) is 4.45. The zero-order chi connectivity index (χ0) is 20.0. The van der Waals surface area contributed by atoms with Gasteiger partial charge in [0.15, 0.2) is 0 Å². The Labute approximate surface area is 164 Å². The number of hydrogen-bond donors (Lipinski definition) is 2. The second-order valence-corrected chi connectivity index (χ2v) is 8.26. The van der Waals surface area contributed by atoms with Crippen LogP contribution in [0, 0.1) is 11.3 Å². The van der Waals surface area contributed by atoms with E-state index in [0.29, 0.717) is 24.3 Å². The van der Waals surface area contributed by atoms with Gasteiger partial charge < -0.3 is 10.1 Å². The van der Waals surface area contributed by atoms with E-state index in [1.54, 1.807) is 24.3 Å². The molecule has 146 valence electrons. The van der Waals surface area contributed by atoms with E-state index in [0.717, 1.165) is 18.4 Å². The molecule has 8 heteroatoms. The van der Waals surface area contributed by atoms with Gasteiger partial charge in [0, 0.05) is 24.4 Å². The van der Waals surface area contributed by atoms with E-state index in [9.17, 15) is 13.2 Å². The highest BCUT2D eigenvalue weighted by Crippen LogP contribution is 2.16. The summed E-state index contributed by atoms with van der Waals surface area (Å²) in [6.07, 6.45) is 2.01. The third kappa shape index (κ3) is 5.16. The molecule has 7 nitrogen and oxygen atoms in total. The minimum absolute atomic E-state index is 0.0839. The van der Waals surface area contributed by atoms with Gasteiger partial charge in [-0.1, -0.05) is 12.1 Å². The van der Waals surface area contributed by atoms with Crippen LogP contribution in [-0.2, 0) is 21.2 Å². The lowest BCUT2D eigenvalue weighted by atomic mass is 10.1. The fourth-order valence-corrected chi connectivity index (χ4v) is 3.94. The van der Waals surface area contributed by atoms with E-state index in [4.69, 9.17) is 10.00 Å². The highest BCUT2D eigenvalue weighted by atomic mass is 32.2. The molecule has 1 heterocycles. The summed E-state index contributed by atoms with van der Waals surface area (Å²) in [5, 5.41) is 11.4. The zero-order valence-corrected chi connectivity index (χ0v) is 16.0. The Morgan fingerprint density at radius 2 is 1.86 bits per heavy atom. The number of hydrogen-bond acceptors (Lipinski definition) is 5. The molecular formula is C20H21N3O4S. The summed E-state index contributed by atoms with van der Waals surface area (Å²) in [5.74, 6) is -0.343. The maximum absolute atomic E-state index is 12.4. The molecule has 2 N–H and O–H groups in total. The van der Waals surface area contributed by atoms with Crippen LogP contribution in [-0.4, -0.2) is 33.6 Å². The second kappa shape index (κ2) is 8.97. The Bertz CT molecular complexity index is 958.